The highest BCUT2D eigenvalue weighted by Gasteiger charge is 2.21. The zero-order chi connectivity index (χ0) is 22.0. The summed E-state index contributed by atoms with van der Waals surface area (Å²) in [6.07, 6.45) is 0. The fourth-order valence-electron chi connectivity index (χ4n) is 4.14. The van der Waals surface area contributed by atoms with Crippen molar-refractivity contribution < 1.29 is 18.0 Å². The average molecular weight is 414 g/mol. The van der Waals surface area contributed by atoms with Gasteiger partial charge in [0, 0.05) is 34.0 Å². The van der Waals surface area contributed by atoms with Crippen molar-refractivity contribution in [3.8, 4) is 11.3 Å². The second-order valence-electron chi connectivity index (χ2n) is 7.80. The number of aryl methyl sites for hydroxylation is 3. The summed E-state index contributed by atoms with van der Waals surface area (Å²) in [7, 11) is 0. The molecule has 31 heavy (non-hydrogen) atoms. The Labute approximate surface area is 175 Å². The molecule has 3 aromatic heterocycles. The summed E-state index contributed by atoms with van der Waals surface area (Å²) in [5.74, 6) is 0.452. The maximum Gasteiger partial charge on any atom is 0.336 e. The van der Waals surface area contributed by atoms with Crippen LogP contribution in [0.4, 0.5) is 0 Å². The van der Waals surface area contributed by atoms with Gasteiger partial charge >= 0.3 is 5.63 Å². The van der Waals surface area contributed by atoms with Crippen molar-refractivity contribution in [3.63, 3.8) is 0 Å². The number of fused-ring (bicyclic) bond motifs is 3. The van der Waals surface area contributed by atoms with Gasteiger partial charge in [-0.3, -0.25) is 9.59 Å². The molecule has 0 fully saturated rings. The molecule has 5 aromatic rings. The Morgan fingerprint density at radius 3 is 2.23 bits per heavy atom. The van der Waals surface area contributed by atoms with Crippen LogP contribution in [-0.2, 0) is 0 Å². The number of hydrogen-bond donors (Lipinski definition) is 0. The number of benzene rings is 2. The molecule has 2 aromatic carbocycles. The number of rotatable bonds is 2. The zero-order valence-electron chi connectivity index (χ0n) is 17.4. The highest BCUT2D eigenvalue weighted by atomic mass is 16.4. The molecule has 0 aliphatic carbocycles. The van der Waals surface area contributed by atoms with Gasteiger partial charge in [-0.2, -0.15) is 0 Å². The van der Waals surface area contributed by atoms with Crippen LogP contribution in [0.2, 0.25) is 0 Å². The van der Waals surface area contributed by atoms with E-state index in [1.807, 2.05) is 26.0 Å². The van der Waals surface area contributed by atoms with Crippen molar-refractivity contribution in [2.24, 2.45) is 0 Å². The van der Waals surface area contributed by atoms with Crippen molar-refractivity contribution >= 4 is 38.7 Å². The molecule has 0 bridgehead atoms. The summed E-state index contributed by atoms with van der Waals surface area (Å²) in [6, 6.07) is 10.4. The molecular weight excluding hydrogens is 396 g/mol. The molecule has 154 valence electrons. The Morgan fingerprint density at radius 1 is 0.774 bits per heavy atom. The van der Waals surface area contributed by atoms with Gasteiger partial charge in [0.25, 0.3) is 0 Å². The van der Waals surface area contributed by atoms with E-state index in [9.17, 15) is 14.4 Å². The monoisotopic (exact) mass is 414 g/mol. The normalized spacial score (nSPS) is 11.6. The first-order valence-electron chi connectivity index (χ1n) is 9.81. The molecule has 6 nitrogen and oxygen atoms in total. The Bertz CT molecular complexity index is 1680. The molecule has 5 rings (SSSR count). The number of carbonyl (C=O) groups excluding carboxylic acids is 1. The Morgan fingerprint density at radius 2 is 1.48 bits per heavy atom. The zero-order valence-corrected chi connectivity index (χ0v) is 17.4. The van der Waals surface area contributed by atoms with Crippen LogP contribution in [0.3, 0.4) is 0 Å². The molecule has 0 spiro atoms. The average Bonchev–Trinajstić information content (AvgIpc) is 3.01. The van der Waals surface area contributed by atoms with Crippen LogP contribution in [0.1, 0.15) is 34.2 Å². The molecule has 0 unspecified atom stereocenters. The highest BCUT2D eigenvalue weighted by Crippen LogP contribution is 2.37. The topological polar surface area (TPSA) is 90.6 Å². The molecule has 6 heteroatoms. The van der Waals surface area contributed by atoms with Gasteiger partial charge in [0.15, 0.2) is 5.78 Å². The smallest absolute Gasteiger partial charge is 0.336 e. The first kappa shape index (κ1) is 19.1. The van der Waals surface area contributed by atoms with Gasteiger partial charge in [0.2, 0.25) is 5.43 Å². The van der Waals surface area contributed by atoms with E-state index in [4.69, 9.17) is 13.3 Å². The van der Waals surface area contributed by atoms with E-state index in [0.717, 1.165) is 16.5 Å². The van der Waals surface area contributed by atoms with Crippen molar-refractivity contribution in [2.45, 2.75) is 27.7 Å². The highest BCUT2D eigenvalue weighted by molar-refractivity contribution is 6.03. The van der Waals surface area contributed by atoms with Crippen LogP contribution < -0.4 is 11.1 Å². The standard InChI is InChI=1S/C25H18O6/c1-11-5-6-15-17(9-22(27)30-19(15)7-11)25-12(2)16-8-18-21(10-20(16)31-25)29-14(4)23(13(3)26)24(18)28/h5-10H,1-4H3. The van der Waals surface area contributed by atoms with Crippen LogP contribution in [0.5, 0.6) is 0 Å². The van der Waals surface area contributed by atoms with E-state index >= 15 is 0 Å². The molecule has 0 aliphatic rings. The molecule has 0 saturated heterocycles. The molecule has 0 aliphatic heterocycles. The van der Waals surface area contributed by atoms with Gasteiger partial charge in [-0.1, -0.05) is 12.1 Å². The van der Waals surface area contributed by atoms with Gasteiger partial charge in [0.1, 0.15) is 33.8 Å². The largest absolute Gasteiger partial charge is 0.460 e. The van der Waals surface area contributed by atoms with Crippen molar-refractivity contribution in [1.82, 2.24) is 0 Å². The van der Waals surface area contributed by atoms with Gasteiger partial charge < -0.3 is 13.3 Å². The SMILES string of the molecule is CC(=O)c1c(C)oc2cc3oc(-c4cc(=O)oc5cc(C)ccc45)c(C)c3cc2c1=O. The first-order valence-corrected chi connectivity index (χ1v) is 9.81. The van der Waals surface area contributed by atoms with Crippen LogP contribution in [0.25, 0.3) is 44.2 Å². The number of Topliss-reactive ketones (excluding diaryl/α,β-unsaturated/α-hetero) is 1. The van der Waals surface area contributed by atoms with E-state index in [0.29, 0.717) is 38.8 Å². The number of hydrogen-bond acceptors (Lipinski definition) is 6. The lowest BCUT2D eigenvalue weighted by Crippen LogP contribution is -2.15. The summed E-state index contributed by atoms with van der Waals surface area (Å²) in [4.78, 5) is 37.0. The lowest BCUT2D eigenvalue weighted by atomic mass is 10.0. The predicted molar refractivity (Wildman–Crippen MR) is 118 cm³/mol. The van der Waals surface area contributed by atoms with Crippen molar-refractivity contribution in [2.75, 3.05) is 0 Å². The third-order valence-electron chi connectivity index (χ3n) is 5.62. The Hall–Kier alpha value is -3.93. The Kier molecular flexibility index (Phi) is 4.02. The Balaban J connectivity index is 1.86. The fourth-order valence-corrected chi connectivity index (χ4v) is 4.14. The van der Waals surface area contributed by atoms with E-state index in [1.165, 1.54) is 13.0 Å². The van der Waals surface area contributed by atoms with Crippen LogP contribution in [0.15, 0.2) is 59.2 Å². The van der Waals surface area contributed by atoms with Gasteiger partial charge in [-0.25, -0.2) is 4.79 Å². The maximum absolute atomic E-state index is 12.9. The molecule has 0 amide bonds. The first-order chi connectivity index (χ1) is 14.7. The van der Waals surface area contributed by atoms with E-state index < -0.39 is 5.63 Å². The minimum Gasteiger partial charge on any atom is -0.460 e. The van der Waals surface area contributed by atoms with Crippen molar-refractivity contribution in [3.05, 3.63) is 79.5 Å². The predicted octanol–water partition coefficient (Wildman–Crippen LogP) is 5.44. The minimum absolute atomic E-state index is 0.0512. The lowest BCUT2D eigenvalue weighted by molar-refractivity contribution is 0.101. The number of ketones is 1. The molecule has 0 atom stereocenters. The van der Waals surface area contributed by atoms with Gasteiger partial charge in [-0.05, 0) is 45.4 Å². The number of carbonyl (C=O) groups is 1. The molecule has 0 radical (unpaired) electrons. The molecular formula is C25H18O6. The van der Waals surface area contributed by atoms with E-state index in [1.54, 1.807) is 25.1 Å². The summed E-state index contributed by atoms with van der Waals surface area (Å²) in [5.41, 5.74) is 2.91. The second-order valence-corrected chi connectivity index (χ2v) is 7.80. The van der Waals surface area contributed by atoms with Gasteiger partial charge in [0.05, 0.1) is 5.39 Å². The van der Waals surface area contributed by atoms with E-state index in [2.05, 4.69) is 0 Å². The molecule has 0 N–H and O–H groups in total. The summed E-state index contributed by atoms with van der Waals surface area (Å²) in [6.45, 7) is 6.73. The fraction of sp³-hybridized carbons (Fsp3) is 0.160. The van der Waals surface area contributed by atoms with Crippen LogP contribution in [0, 0.1) is 20.8 Å². The molecule has 3 heterocycles. The van der Waals surface area contributed by atoms with E-state index in [-0.39, 0.29) is 22.5 Å². The second kappa shape index (κ2) is 6.54. The number of furan rings is 1. The quantitative estimate of drug-likeness (QED) is 0.282. The third kappa shape index (κ3) is 2.83. The lowest BCUT2D eigenvalue weighted by Gasteiger charge is -2.04. The third-order valence-corrected chi connectivity index (χ3v) is 5.62. The summed E-state index contributed by atoms with van der Waals surface area (Å²) >= 11 is 0. The maximum atomic E-state index is 12.9. The molecule has 0 saturated carbocycles. The van der Waals surface area contributed by atoms with Crippen molar-refractivity contribution in [1.29, 1.82) is 0 Å². The summed E-state index contributed by atoms with van der Waals surface area (Å²) < 4.78 is 17.2. The summed E-state index contributed by atoms with van der Waals surface area (Å²) in [5, 5.41) is 1.77. The van der Waals surface area contributed by atoms with Gasteiger partial charge in [-0.15, -0.1) is 0 Å². The minimum atomic E-state index is -0.475. The van der Waals surface area contributed by atoms with Crippen LogP contribution >= 0.6 is 0 Å². The van der Waals surface area contributed by atoms with Crippen LogP contribution in [-0.4, -0.2) is 5.78 Å².